The minimum Gasteiger partial charge on any atom is -0.360 e. The van der Waals surface area contributed by atoms with Crippen LogP contribution in [0.25, 0.3) is 10.9 Å². The van der Waals surface area contributed by atoms with Gasteiger partial charge in [-0.3, -0.25) is 9.69 Å². The molecule has 1 atom stereocenters. The molecule has 0 unspecified atom stereocenters. The molecule has 2 heterocycles. The summed E-state index contributed by atoms with van der Waals surface area (Å²) in [5.41, 5.74) is 4.58. The van der Waals surface area contributed by atoms with Crippen molar-refractivity contribution in [2.24, 2.45) is 0 Å². The van der Waals surface area contributed by atoms with Crippen LogP contribution in [0.5, 0.6) is 0 Å². The number of aromatic amines is 1. The number of carbonyl (C=O) groups is 1. The third-order valence-electron chi connectivity index (χ3n) is 4.94. The lowest BCUT2D eigenvalue weighted by atomic mass is 9.96. The Hall–Kier alpha value is -2.39. The number of ketones is 1. The van der Waals surface area contributed by atoms with Gasteiger partial charge in [0, 0.05) is 35.8 Å². The van der Waals surface area contributed by atoms with Gasteiger partial charge in [0.15, 0.2) is 5.78 Å². The number of nitrogens with zero attached hydrogens (tertiary/aromatic N) is 1. The first kappa shape index (κ1) is 14.2. The SMILES string of the molecule is C[C@@H](C(=O)c1c[nH]c2ccccc12)N1CCc2ccccc2C1. The molecule has 0 saturated carbocycles. The normalized spacial score (nSPS) is 16.2. The first-order chi connectivity index (χ1) is 11.2. The Morgan fingerprint density at radius 2 is 1.83 bits per heavy atom. The molecule has 23 heavy (non-hydrogen) atoms. The van der Waals surface area contributed by atoms with E-state index in [1.165, 1.54) is 11.1 Å². The summed E-state index contributed by atoms with van der Waals surface area (Å²) >= 11 is 0. The zero-order valence-corrected chi connectivity index (χ0v) is 13.3. The summed E-state index contributed by atoms with van der Waals surface area (Å²) in [5.74, 6) is 0.196. The third kappa shape index (κ3) is 2.47. The molecule has 2 aromatic carbocycles. The fourth-order valence-corrected chi connectivity index (χ4v) is 3.51. The Bertz CT molecular complexity index is 865. The zero-order chi connectivity index (χ0) is 15.8. The van der Waals surface area contributed by atoms with Crippen molar-refractivity contribution in [2.45, 2.75) is 25.9 Å². The van der Waals surface area contributed by atoms with Crippen molar-refractivity contribution in [3.05, 3.63) is 71.4 Å². The van der Waals surface area contributed by atoms with Crippen molar-refractivity contribution in [3.63, 3.8) is 0 Å². The van der Waals surface area contributed by atoms with E-state index < -0.39 is 0 Å². The molecule has 0 amide bonds. The predicted octanol–water partition coefficient (Wildman–Crippen LogP) is 3.80. The highest BCUT2D eigenvalue weighted by molar-refractivity contribution is 6.10. The number of hydrogen-bond acceptors (Lipinski definition) is 2. The number of rotatable bonds is 3. The number of hydrogen-bond donors (Lipinski definition) is 1. The molecule has 4 rings (SSSR count). The largest absolute Gasteiger partial charge is 0.360 e. The van der Waals surface area contributed by atoms with Crippen LogP contribution >= 0.6 is 0 Å². The van der Waals surface area contributed by atoms with Crippen LogP contribution in [0.15, 0.2) is 54.7 Å². The quantitative estimate of drug-likeness (QED) is 0.747. The Kier molecular flexibility index (Phi) is 3.50. The predicted molar refractivity (Wildman–Crippen MR) is 92.6 cm³/mol. The molecule has 3 heteroatoms. The molecule has 116 valence electrons. The first-order valence-electron chi connectivity index (χ1n) is 8.15. The van der Waals surface area contributed by atoms with E-state index in [9.17, 15) is 4.79 Å². The Morgan fingerprint density at radius 1 is 1.09 bits per heavy atom. The molecule has 0 radical (unpaired) electrons. The van der Waals surface area contributed by atoms with E-state index >= 15 is 0 Å². The highest BCUT2D eigenvalue weighted by Crippen LogP contribution is 2.24. The number of fused-ring (bicyclic) bond motifs is 2. The van der Waals surface area contributed by atoms with Crippen LogP contribution in [0.2, 0.25) is 0 Å². The zero-order valence-electron chi connectivity index (χ0n) is 13.3. The topological polar surface area (TPSA) is 36.1 Å². The number of benzene rings is 2. The lowest BCUT2D eigenvalue weighted by Gasteiger charge is -2.32. The number of aromatic nitrogens is 1. The number of para-hydroxylation sites is 1. The van der Waals surface area contributed by atoms with E-state index in [0.717, 1.165) is 36.0 Å². The van der Waals surface area contributed by atoms with E-state index in [-0.39, 0.29) is 11.8 Å². The van der Waals surface area contributed by atoms with Crippen LogP contribution < -0.4 is 0 Å². The van der Waals surface area contributed by atoms with Gasteiger partial charge in [-0.05, 0) is 30.5 Å². The van der Waals surface area contributed by atoms with Gasteiger partial charge in [0.25, 0.3) is 0 Å². The number of Topliss-reactive ketones (excluding diaryl/α,β-unsaturated/α-hetero) is 1. The van der Waals surface area contributed by atoms with Gasteiger partial charge >= 0.3 is 0 Å². The van der Waals surface area contributed by atoms with Crippen molar-refractivity contribution in [1.82, 2.24) is 9.88 Å². The van der Waals surface area contributed by atoms with Crippen molar-refractivity contribution >= 4 is 16.7 Å². The second-order valence-corrected chi connectivity index (χ2v) is 6.28. The maximum atomic E-state index is 13.0. The summed E-state index contributed by atoms with van der Waals surface area (Å²) in [6.45, 7) is 3.82. The molecule has 0 fully saturated rings. The third-order valence-corrected chi connectivity index (χ3v) is 4.94. The molecule has 1 N–H and O–H groups in total. The van der Waals surface area contributed by atoms with Crippen molar-refractivity contribution in [2.75, 3.05) is 6.54 Å². The van der Waals surface area contributed by atoms with E-state index in [0.29, 0.717) is 0 Å². The maximum absolute atomic E-state index is 13.0. The first-order valence-corrected chi connectivity index (χ1v) is 8.15. The second-order valence-electron chi connectivity index (χ2n) is 6.28. The van der Waals surface area contributed by atoms with Gasteiger partial charge < -0.3 is 4.98 Å². The monoisotopic (exact) mass is 304 g/mol. The second kappa shape index (κ2) is 5.67. The molecule has 1 aromatic heterocycles. The average Bonchev–Trinajstić information content (AvgIpc) is 3.04. The van der Waals surface area contributed by atoms with Gasteiger partial charge in [-0.25, -0.2) is 0 Å². The summed E-state index contributed by atoms with van der Waals surface area (Å²) in [6, 6.07) is 16.4. The Labute approximate surface area is 135 Å². The van der Waals surface area contributed by atoms with E-state index in [2.05, 4.69) is 34.1 Å². The summed E-state index contributed by atoms with van der Waals surface area (Å²) in [7, 11) is 0. The molecule has 1 aliphatic rings. The Balaban J connectivity index is 1.60. The number of carbonyl (C=O) groups excluding carboxylic acids is 1. The van der Waals surface area contributed by atoms with Gasteiger partial charge in [-0.15, -0.1) is 0 Å². The molecule has 3 aromatic rings. The van der Waals surface area contributed by atoms with Gasteiger partial charge in [0.1, 0.15) is 0 Å². The van der Waals surface area contributed by atoms with E-state index in [1.54, 1.807) is 0 Å². The lowest BCUT2D eigenvalue weighted by molar-refractivity contribution is 0.0821. The van der Waals surface area contributed by atoms with Crippen LogP contribution in [-0.4, -0.2) is 28.3 Å². The fourth-order valence-electron chi connectivity index (χ4n) is 3.51. The van der Waals surface area contributed by atoms with Crippen LogP contribution in [0.1, 0.15) is 28.4 Å². The number of nitrogens with one attached hydrogen (secondary N) is 1. The van der Waals surface area contributed by atoms with Gasteiger partial charge in [0.05, 0.1) is 6.04 Å². The van der Waals surface area contributed by atoms with Gasteiger partial charge in [-0.2, -0.15) is 0 Å². The van der Waals surface area contributed by atoms with Crippen molar-refractivity contribution < 1.29 is 4.79 Å². The highest BCUT2D eigenvalue weighted by Gasteiger charge is 2.27. The van der Waals surface area contributed by atoms with Crippen molar-refractivity contribution in [3.8, 4) is 0 Å². The van der Waals surface area contributed by atoms with E-state index in [4.69, 9.17) is 0 Å². The van der Waals surface area contributed by atoms with Crippen LogP contribution in [0.4, 0.5) is 0 Å². The minimum atomic E-state index is -0.109. The molecule has 3 nitrogen and oxygen atoms in total. The highest BCUT2D eigenvalue weighted by atomic mass is 16.1. The standard InChI is InChI=1S/C20H20N2O/c1-14(22-11-10-15-6-2-3-7-16(15)13-22)20(23)18-12-21-19-9-5-4-8-17(18)19/h2-9,12,14,21H,10-11,13H2,1H3/t14-/m0/s1. The molecular weight excluding hydrogens is 284 g/mol. The molecule has 0 saturated heterocycles. The lowest BCUT2D eigenvalue weighted by Crippen LogP contribution is -2.42. The summed E-state index contributed by atoms with van der Waals surface area (Å²) < 4.78 is 0. The molecule has 1 aliphatic heterocycles. The Morgan fingerprint density at radius 3 is 2.70 bits per heavy atom. The van der Waals surface area contributed by atoms with Crippen LogP contribution in [0.3, 0.4) is 0 Å². The van der Waals surface area contributed by atoms with Crippen LogP contribution in [-0.2, 0) is 13.0 Å². The van der Waals surface area contributed by atoms with Crippen LogP contribution in [0, 0.1) is 0 Å². The van der Waals surface area contributed by atoms with Gasteiger partial charge in [0.2, 0.25) is 0 Å². The summed E-state index contributed by atoms with van der Waals surface area (Å²) in [4.78, 5) is 18.5. The fraction of sp³-hybridized carbons (Fsp3) is 0.250. The summed E-state index contributed by atoms with van der Waals surface area (Å²) in [6.07, 6.45) is 2.86. The smallest absolute Gasteiger partial charge is 0.181 e. The molecule has 0 bridgehead atoms. The summed E-state index contributed by atoms with van der Waals surface area (Å²) in [5, 5.41) is 1.02. The van der Waals surface area contributed by atoms with E-state index in [1.807, 2.05) is 37.4 Å². The van der Waals surface area contributed by atoms with Gasteiger partial charge in [-0.1, -0.05) is 42.5 Å². The molecule has 0 spiro atoms. The minimum absolute atomic E-state index is 0.109. The molecular formula is C20H20N2O. The maximum Gasteiger partial charge on any atom is 0.181 e. The average molecular weight is 304 g/mol. The molecule has 0 aliphatic carbocycles. The number of H-pyrrole nitrogens is 1. The van der Waals surface area contributed by atoms with Crippen molar-refractivity contribution in [1.29, 1.82) is 0 Å².